The van der Waals surface area contributed by atoms with Gasteiger partial charge >= 0.3 is 6.18 Å². The number of carbonyl (C=O) groups is 1. The molecule has 10 heteroatoms. The fraction of sp³-hybridized carbons (Fsp3) is 0.296. The third-order valence-corrected chi connectivity index (χ3v) is 6.10. The lowest BCUT2D eigenvalue weighted by atomic mass is 9.97. The molecule has 7 nitrogen and oxygen atoms in total. The maximum Gasteiger partial charge on any atom is 0.433 e. The molecule has 4 aromatic rings. The van der Waals surface area contributed by atoms with Crippen LogP contribution in [-0.2, 0) is 19.1 Å². The van der Waals surface area contributed by atoms with E-state index in [4.69, 9.17) is 14.9 Å². The summed E-state index contributed by atoms with van der Waals surface area (Å²) in [6.07, 6.45) is -3.82. The fourth-order valence-corrected chi connectivity index (χ4v) is 4.12. The Morgan fingerprint density at radius 3 is 2.57 bits per heavy atom. The summed E-state index contributed by atoms with van der Waals surface area (Å²) >= 11 is 0. The van der Waals surface area contributed by atoms with Gasteiger partial charge in [-0.25, -0.2) is 9.97 Å². The second kappa shape index (κ2) is 10.6. The second-order valence-corrected chi connectivity index (χ2v) is 8.85. The number of fused-ring (bicyclic) bond motifs is 1. The Morgan fingerprint density at radius 1 is 1.14 bits per heavy atom. The third kappa shape index (κ3) is 5.59. The van der Waals surface area contributed by atoms with Crippen molar-refractivity contribution in [3.8, 4) is 17.2 Å². The van der Waals surface area contributed by atoms with Crippen LogP contribution < -0.4 is 15.8 Å². The zero-order valence-electron chi connectivity index (χ0n) is 20.6. The Labute approximate surface area is 211 Å². The molecule has 2 aromatic carbocycles. The Hall–Kier alpha value is -3.92. The number of hydrogen-bond acceptors (Lipinski definition) is 6. The van der Waals surface area contributed by atoms with Crippen LogP contribution in [0.5, 0.6) is 5.75 Å². The van der Waals surface area contributed by atoms with Crippen molar-refractivity contribution in [2.75, 3.05) is 13.7 Å². The highest BCUT2D eigenvalue weighted by Crippen LogP contribution is 2.37. The molecule has 0 spiro atoms. The van der Waals surface area contributed by atoms with E-state index in [-0.39, 0.29) is 41.1 Å². The first-order valence-electron chi connectivity index (χ1n) is 11.7. The summed E-state index contributed by atoms with van der Waals surface area (Å²) in [5.41, 5.74) is 7.55. The number of aryl methyl sites for hydroxylation is 1. The van der Waals surface area contributed by atoms with Gasteiger partial charge in [-0.15, -0.1) is 0 Å². The zero-order valence-corrected chi connectivity index (χ0v) is 20.6. The van der Waals surface area contributed by atoms with E-state index in [0.29, 0.717) is 17.5 Å². The Balaban J connectivity index is 1.60. The quantitative estimate of drug-likeness (QED) is 0.332. The molecule has 1 atom stereocenters. The van der Waals surface area contributed by atoms with E-state index in [0.717, 1.165) is 12.5 Å². The monoisotopic (exact) mass is 512 g/mol. The maximum absolute atomic E-state index is 13.2. The van der Waals surface area contributed by atoms with Crippen molar-refractivity contribution in [3.63, 3.8) is 0 Å². The first kappa shape index (κ1) is 26.2. The number of carbonyl (C=O) groups excluding carboxylic acids is 1. The number of nitrogens with two attached hydrogens (primary N) is 1. The van der Waals surface area contributed by atoms with Crippen LogP contribution in [0.25, 0.3) is 22.4 Å². The molecule has 0 aliphatic rings. The fourth-order valence-electron chi connectivity index (χ4n) is 4.12. The van der Waals surface area contributed by atoms with Gasteiger partial charge in [-0.2, -0.15) is 13.2 Å². The molecule has 1 unspecified atom stereocenters. The van der Waals surface area contributed by atoms with Crippen LogP contribution in [0.3, 0.4) is 0 Å². The summed E-state index contributed by atoms with van der Waals surface area (Å²) < 4.78 is 50.7. The molecule has 0 saturated heterocycles. The lowest BCUT2D eigenvalue weighted by Gasteiger charge is -2.14. The molecule has 2 heterocycles. The van der Waals surface area contributed by atoms with Crippen LogP contribution in [0.1, 0.15) is 40.0 Å². The molecule has 2 aromatic heterocycles. The van der Waals surface area contributed by atoms with Crippen molar-refractivity contribution in [1.29, 1.82) is 0 Å². The van der Waals surface area contributed by atoms with Crippen molar-refractivity contribution in [3.05, 3.63) is 76.8 Å². The lowest BCUT2D eigenvalue weighted by molar-refractivity contribution is -0.140. The number of aromatic nitrogens is 2. The highest BCUT2D eigenvalue weighted by atomic mass is 19.4. The van der Waals surface area contributed by atoms with E-state index < -0.39 is 17.8 Å². The number of oxazole rings is 1. The average Bonchev–Trinajstić information content (AvgIpc) is 3.31. The highest BCUT2D eigenvalue weighted by molar-refractivity contribution is 5.98. The minimum atomic E-state index is -4.62. The van der Waals surface area contributed by atoms with E-state index in [9.17, 15) is 18.0 Å². The van der Waals surface area contributed by atoms with E-state index in [1.165, 1.54) is 30.4 Å². The number of pyridine rings is 1. The molecule has 0 aliphatic heterocycles. The molecule has 0 fully saturated rings. The number of alkyl halides is 3. The van der Waals surface area contributed by atoms with E-state index >= 15 is 0 Å². The predicted octanol–water partition coefficient (Wildman–Crippen LogP) is 5.29. The molecule has 1 amide bonds. The molecule has 0 saturated carbocycles. The molecule has 0 bridgehead atoms. The molecule has 0 radical (unpaired) electrons. The Kier molecular flexibility index (Phi) is 7.49. The standard InChI is InChI=1S/C27H27F3N4O3/c1-15(12-17-7-5-4-6-16(17)2)14-32-25(35)24-21(13-31)37-26(34-24)19-8-10-20(36-3)23-18(19)9-11-22(33-23)27(28,29)30/h4-11,15H,12-14,31H2,1-3H3,(H,32,35). The lowest BCUT2D eigenvalue weighted by Crippen LogP contribution is -2.30. The summed E-state index contributed by atoms with van der Waals surface area (Å²) in [6, 6.07) is 13.3. The van der Waals surface area contributed by atoms with E-state index in [2.05, 4.69) is 21.4 Å². The maximum atomic E-state index is 13.2. The van der Waals surface area contributed by atoms with Gasteiger partial charge in [0.25, 0.3) is 5.91 Å². The van der Waals surface area contributed by atoms with Crippen molar-refractivity contribution >= 4 is 16.8 Å². The third-order valence-electron chi connectivity index (χ3n) is 6.10. The first-order chi connectivity index (χ1) is 17.6. The number of nitrogens with one attached hydrogen (secondary N) is 1. The minimum Gasteiger partial charge on any atom is -0.494 e. The SMILES string of the molecule is COc1ccc(-c2nc(C(=O)NCC(C)Cc3ccccc3C)c(CN)o2)c2ccc(C(F)(F)F)nc12. The van der Waals surface area contributed by atoms with Crippen LogP contribution in [-0.4, -0.2) is 29.5 Å². The number of halogens is 3. The number of rotatable bonds is 8. The Bertz CT molecular complexity index is 1430. The molecular weight excluding hydrogens is 485 g/mol. The average molecular weight is 513 g/mol. The second-order valence-electron chi connectivity index (χ2n) is 8.85. The van der Waals surface area contributed by atoms with Crippen molar-refractivity contribution in [1.82, 2.24) is 15.3 Å². The normalized spacial score (nSPS) is 12.5. The van der Waals surface area contributed by atoms with Gasteiger partial charge in [-0.05, 0) is 54.7 Å². The van der Waals surface area contributed by atoms with Crippen LogP contribution in [0, 0.1) is 12.8 Å². The van der Waals surface area contributed by atoms with Gasteiger partial charge in [-0.3, -0.25) is 4.79 Å². The highest BCUT2D eigenvalue weighted by Gasteiger charge is 2.33. The Morgan fingerprint density at radius 2 is 1.89 bits per heavy atom. The summed E-state index contributed by atoms with van der Waals surface area (Å²) in [4.78, 5) is 21.1. The number of hydrogen-bond donors (Lipinski definition) is 2. The van der Waals surface area contributed by atoms with E-state index in [1.54, 1.807) is 6.07 Å². The smallest absolute Gasteiger partial charge is 0.433 e. The van der Waals surface area contributed by atoms with Gasteiger partial charge in [0.15, 0.2) is 11.5 Å². The number of amides is 1. The van der Waals surface area contributed by atoms with Gasteiger partial charge < -0.3 is 20.2 Å². The molecule has 37 heavy (non-hydrogen) atoms. The van der Waals surface area contributed by atoms with Crippen LogP contribution >= 0.6 is 0 Å². The van der Waals surface area contributed by atoms with Crippen LogP contribution in [0.15, 0.2) is 52.9 Å². The summed E-state index contributed by atoms with van der Waals surface area (Å²) in [7, 11) is 1.34. The number of methoxy groups -OCH3 is 1. The number of nitrogens with zero attached hydrogens (tertiary/aromatic N) is 2. The predicted molar refractivity (Wildman–Crippen MR) is 133 cm³/mol. The molecule has 3 N–H and O–H groups in total. The van der Waals surface area contributed by atoms with Crippen LogP contribution in [0.2, 0.25) is 0 Å². The van der Waals surface area contributed by atoms with Gasteiger partial charge in [0, 0.05) is 17.5 Å². The van der Waals surface area contributed by atoms with E-state index in [1.807, 2.05) is 32.0 Å². The van der Waals surface area contributed by atoms with Gasteiger partial charge in [-0.1, -0.05) is 31.2 Å². The summed E-state index contributed by atoms with van der Waals surface area (Å²) in [5, 5.41) is 3.21. The number of benzene rings is 2. The summed E-state index contributed by atoms with van der Waals surface area (Å²) in [5.74, 6) is 0.103. The van der Waals surface area contributed by atoms with Crippen molar-refractivity contribution in [2.24, 2.45) is 11.7 Å². The van der Waals surface area contributed by atoms with Crippen molar-refractivity contribution < 1.29 is 27.1 Å². The van der Waals surface area contributed by atoms with Crippen LogP contribution in [0.4, 0.5) is 13.2 Å². The molecule has 0 aliphatic carbocycles. The topological polar surface area (TPSA) is 103 Å². The largest absolute Gasteiger partial charge is 0.494 e. The number of ether oxygens (including phenoxy) is 1. The molecule has 4 rings (SSSR count). The van der Waals surface area contributed by atoms with Gasteiger partial charge in [0.2, 0.25) is 5.89 Å². The first-order valence-corrected chi connectivity index (χ1v) is 11.7. The van der Waals surface area contributed by atoms with Gasteiger partial charge in [0.05, 0.1) is 13.7 Å². The molecule has 194 valence electrons. The van der Waals surface area contributed by atoms with Crippen molar-refractivity contribution in [2.45, 2.75) is 33.0 Å². The van der Waals surface area contributed by atoms with Gasteiger partial charge in [0.1, 0.15) is 17.0 Å². The molecular formula is C27H27F3N4O3. The zero-order chi connectivity index (χ0) is 26.7. The summed E-state index contributed by atoms with van der Waals surface area (Å²) in [6.45, 7) is 4.41. The minimum absolute atomic E-state index is 0.00152.